The minimum atomic E-state index is -1.21. The lowest BCUT2D eigenvalue weighted by Gasteiger charge is -2.19. The molecule has 0 aromatic carbocycles. The molecule has 0 aromatic heterocycles. The summed E-state index contributed by atoms with van der Waals surface area (Å²) in [7, 11) is -1.21. The number of rotatable bonds is 20. The van der Waals surface area contributed by atoms with Crippen LogP contribution in [-0.4, -0.2) is 90.3 Å². The Morgan fingerprint density at radius 1 is 0.744 bits per heavy atom. The van der Waals surface area contributed by atoms with Crippen LogP contribution in [-0.2, 0) is 47.6 Å². The van der Waals surface area contributed by atoms with Crippen LogP contribution in [0.3, 0.4) is 0 Å². The first kappa shape index (κ1) is 35.8. The lowest BCUT2D eigenvalue weighted by molar-refractivity contribution is -0.154. The zero-order valence-electron chi connectivity index (χ0n) is 23.8. The average Bonchev–Trinajstić information content (AvgIpc) is 2.84. The number of amides is 1. The van der Waals surface area contributed by atoms with Crippen molar-refractivity contribution in [2.24, 2.45) is 0 Å². The van der Waals surface area contributed by atoms with Crippen LogP contribution in [0.2, 0.25) is 25.7 Å². The number of hydrogen-bond donors (Lipinski definition) is 1. The van der Waals surface area contributed by atoms with Gasteiger partial charge in [-0.25, -0.2) is 14.4 Å². The van der Waals surface area contributed by atoms with Crippen molar-refractivity contribution in [3.8, 4) is 0 Å². The predicted octanol–water partition coefficient (Wildman–Crippen LogP) is 2.93. The van der Waals surface area contributed by atoms with E-state index in [1.165, 1.54) is 13.8 Å². The highest BCUT2D eigenvalue weighted by Crippen LogP contribution is 2.11. The van der Waals surface area contributed by atoms with Crippen molar-refractivity contribution in [2.75, 3.05) is 46.2 Å². The van der Waals surface area contributed by atoms with Gasteiger partial charge >= 0.3 is 30.0 Å². The zero-order valence-corrected chi connectivity index (χ0v) is 24.8. The number of alkyl carbamates (subject to hydrolysis) is 1. The van der Waals surface area contributed by atoms with Crippen molar-refractivity contribution in [1.82, 2.24) is 5.32 Å². The summed E-state index contributed by atoms with van der Waals surface area (Å²) in [5, 5.41) is 2.44. The molecule has 222 valence electrons. The molecule has 0 aliphatic carbocycles. The summed E-state index contributed by atoms with van der Waals surface area (Å²) in [6.45, 7) is 16.5. The van der Waals surface area contributed by atoms with Gasteiger partial charge < -0.3 is 33.7 Å². The Balaban J connectivity index is 4.51. The smallest absolute Gasteiger partial charge is 0.407 e. The SMILES string of the molecule is C=C(C)C(=O)OCCNC(=O)OC(COCCC[Si](C)(C)C)COC(=O)CCC(=O)OCCOC(=O)C(=C)C. The summed E-state index contributed by atoms with van der Waals surface area (Å²) in [5.41, 5.74) is 0.466. The largest absolute Gasteiger partial charge is 0.462 e. The third-order valence-electron chi connectivity index (χ3n) is 4.64. The number of carbonyl (C=O) groups excluding carboxylic acids is 5. The summed E-state index contributed by atoms with van der Waals surface area (Å²) >= 11 is 0. The van der Waals surface area contributed by atoms with E-state index < -0.39 is 44.1 Å². The molecule has 0 spiro atoms. The lowest BCUT2D eigenvalue weighted by Crippen LogP contribution is -2.36. The molecule has 0 heterocycles. The lowest BCUT2D eigenvalue weighted by atomic mass is 10.3. The van der Waals surface area contributed by atoms with Crippen molar-refractivity contribution in [1.29, 1.82) is 0 Å². The van der Waals surface area contributed by atoms with E-state index in [-0.39, 0.29) is 63.6 Å². The fraction of sp³-hybridized carbons (Fsp3) is 0.654. The quantitative estimate of drug-likeness (QED) is 0.0752. The van der Waals surface area contributed by atoms with E-state index in [1.54, 1.807) is 0 Å². The molecule has 1 amide bonds. The highest BCUT2D eigenvalue weighted by atomic mass is 28.3. The molecule has 1 atom stereocenters. The monoisotopic (exact) mass is 573 g/mol. The summed E-state index contributed by atoms with van der Waals surface area (Å²) in [6, 6.07) is 1.07. The van der Waals surface area contributed by atoms with Gasteiger partial charge in [0, 0.05) is 25.8 Å². The van der Waals surface area contributed by atoms with E-state index in [1.807, 2.05) is 0 Å². The first-order chi connectivity index (χ1) is 18.2. The van der Waals surface area contributed by atoms with Gasteiger partial charge in [0.15, 0.2) is 6.10 Å². The Bertz CT molecular complexity index is 851. The zero-order chi connectivity index (χ0) is 29.8. The maximum Gasteiger partial charge on any atom is 0.407 e. The van der Waals surface area contributed by atoms with Gasteiger partial charge in [-0.15, -0.1) is 0 Å². The van der Waals surface area contributed by atoms with Crippen molar-refractivity contribution in [2.45, 2.75) is 64.9 Å². The maximum atomic E-state index is 12.1. The van der Waals surface area contributed by atoms with E-state index in [4.69, 9.17) is 28.4 Å². The standard InChI is InChI=1S/C26H43NO11Si/c1-19(2)24(30)35-13-11-27-26(32)38-21(17-33-12-8-16-39(5,6)7)18-37-23(29)10-9-22(28)34-14-15-36-25(31)20(3)4/h21H,1,3,8-18H2,2,4-7H3,(H,27,32). The number of nitrogens with one attached hydrogen (secondary N) is 1. The molecule has 0 aliphatic rings. The molecule has 0 rings (SSSR count). The second-order valence-corrected chi connectivity index (χ2v) is 15.6. The van der Waals surface area contributed by atoms with E-state index in [0.29, 0.717) is 6.61 Å². The minimum absolute atomic E-state index is 0.00197. The van der Waals surface area contributed by atoms with Crippen LogP contribution in [0.1, 0.15) is 33.1 Å². The second kappa shape index (κ2) is 19.8. The second-order valence-electron chi connectivity index (χ2n) is 9.93. The van der Waals surface area contributed by atoms with Crippen LogP contribution < -0.4 is 5.32 Å². The number of ether oxygens (including phenoxy) is 6. The highest BCUT2D eigenvalue weighted by molar-refractivity contribution is 6.76. The van der Waals surface area contributed by atoms with Gasteiger partial charge in [0.1, 0.15) is 26.4 Å². The topological polar surface area (TPSA) is 153 Å². The molecular formula is C26H43NO11Si. The molecule has 39 heavy (non-hydrogen) atoms. The molecule has 1 unspecified atom stereocenters. The van der Waals surface area contributed by atoms with E-state index in [0.717, 1.165) is 12.5 Å². The first-order valence-corrected chi connectivity index (χ1v) is 16.4. The molecule has 1 N–H and O–H groups in total. The third-order valence-corrected chi connectivity index (χ3v) is 6.49. The van der Waals surface area contributed by atoms with Crippen LogP contribution in [0.5, 0.6) is 0 Å². The van der Waals surface area contributed by atoms with Crippen LogP contribution in [0, 0.1) is 0 Å². The van der Waals surface area contributed by atoms with Gasteiger partial charge in [0.2, 0.25) is 0 Å². The molecule has 13 heteroatoms. The minimum Gasteiger partial charge on any atom is -0.462 e. The molecule has 0 bridgehead atoms. The number of carbonyl (C=O) groups is 5. The Kier molecular flexibility index (Phi) is 18.2. The highest BCUT2D eigenvalue weighted by Gasteiger charge is 2.19. The fourth-order valence-electron chi connectivity index (χ4n) is 2.60. The average molecular weight is 574 g/mol. The van der Waals surface area contributed by atoms with Crippen molar-refractivity contribution < 1.29 is 52.4 Å². The summed E-state index contributed by atoms with van der Waals surface area (Å²) in [5.74, 6) is -2.52. The maximum absolute atomic E-state index is 12.1. The number of hydrogen-bond acceptors (Lipinski definition) is 11. The van der Waals surface area contributed by atoms with Gasteiger partial charge in [-0.1, -0.05) is 38.8 Å². The Hall–Kier alpha value is -3.19. The van der Waals surface area contributed by atoms with Gasteiger partial charge in [0.25, 0.3) is 0 Å². The molecule has 0 fully saturated rings. The van der Waals surface area contributed by atoms with Gasteiger partial charge in [-0.2, -0.15) is 0 Å². The van der Waals surface area contributed by atoms with Crippen LogP contribution >= 0.6 is 0 Å². The van der Waals surface area contributed by atoms with Gasteiger partial charge in [0.05, 0.1) is 26.0 Å². The molecular weight excluding hydrogens is 530 g/mol. The third kappa shape index (κ3) is 21.4. The summed E-state index contributed by atoms with van der Waals surface area (Å²) < 4.78 is 30.6. The number of esters is 4. The Morgan fingerprint density at radius 2 is 1.28 bits per heavy atom. The van der Waals surface area contributed by atoms with Crippen LogP contribution in [0.4, 0.5) is 4.79 Å². The van der Waals surface area contributed by atoms with Crippen LogP contribution in [0.15, 0.2) is 24.3 Å². The van der Waals surface area contributed by atoms with Gasteiger partial charge in [-0.05, 0) is 20.3 Å². The predicted molar refractivity (Wildman–Crippen MR) is 145 cm³/mol. The Morgan fingerprint density at radius 3 is 1.85 bits per heavy atom. The Labute approximate surface area is 231 Å². The van der Waals surface area contributed by atoms with E-state index in [2.05, 4.69) is 38.1 Å². The molecule has 0 aromatic rings. The molecule has 12 nitrogen and oxygen atoms in total. The summed E-state index contributed by atoms with van der Waals surface area (Å²) in [6.07, 6.45) is -1.33. The molecule has 0 radical (unpaired) electrons. The van der Waals surface area contributed by atoms with Crippen LogP contribution in [0.25, 0.3) is 0 Å². The van der Waals surface area contributed by atoms with Crippen molar-refractivity contribution >= 4 is 38.0 Å². The van der Waals surface area contributed by atoms with E-state index >= 15 is 0 Å². The fourth-order valence-corrected chi connectivity index (χ4v) is 3.80. The first-order valence-electron chi connectivity index (χ1n) is 12.7. The summed E-state index contributed by atoms with van der Waals surface area (Å²) in [4.78, 5) is 58.6. The van der Waals surface area contributed by atoms with Crippen molar-refractivity contribution in [3.05, 3.63) is 24.3 Å². The van der Waals surface area contributed by atoms with Crippen molar-refractivity contribution in [3.63, 3.8) is 0 Å². The van der Waals surface area contributed by atoms with Gasteiger partial charge in [-0.3, -0.25) is 9.59 Å². The molecule has 0 aliphatic heterocycles. The normalized spacial score (nSPS) is 11.5. The molecule has 0 saturated heterocycles. The van der Waals surface area contributed by atoms with E-state index in [9.17, 15) is 24.0 Å². The molecule has 0 saturated carbocycles.